The second-order valence-corrected chi connectivity index (χ2v) is 9.93. The predicted molar refractivity (Wildman–Crippen MR) is 143 cm³/mol. The molecular formula is C27H38N2O16. The molecule has 2 aliphatic rings. The van der Waals surface area contributed by atoms with Crippen LogP contribution in [0.1, 0.15) is 58.3 Å². The lowest BCUT2D eigenvalue weighted by molar-refractivity contribution is -0.197. The molecule has 0 atom stereocenters. The second kappa shape index (κ2) is 19.4. The van der Waals surface area contributed by atoms with Gasteiger partial charge in [0.1, 0.15) is 18.8 Å². The molecule has 2 rings (SSSR count). The summed E-state index contributed by atoms with van der Waals surface area (Å²) in [5.74, 6) is -5.73. The normalized spacial score (nSPS) is 15.1. The Kier molecular flexibility index (Phi) is 16.0. The highest BCUT2D eigenvalue weighted by molar-refractivity contribution is 6.02. The highest BCUT2D eigenvalue weighted by Crippen LogP contribution is 2.15. The van der Waals surface area contributed by atoms with Gasteiger partial charge in [-0.05, 0) is 6.92 Å². The maximum Gasteiger partial charge on any atom is 0.333 e. The molecule has 4 amide bonds. The molecule has 0 unspecified atom stereocenters. The number of imide groups is 2. The first-order valence-corrected chi connectivity index (χ1v) is 14.2. The Morgan fingerprint density at radius 3 is 1.33 bits per heavy atom. The van der Waals surface area contributed by atoms with Gasteiger partial charge in [-0.2, -0.15) is 0 Å². The van der Waals surface area contributed by atoms with Crippen molar-refractivity contribution in [1.29, 1.82) is 0 Å². The van der Waals surface area contributed by atoms with E-state index in [9.17, 15) is 38.4 Å². The van der Waals surface area contributed by atoms with Crippen LogP contribution in [0.4, 0.5) is 0 Å². The topological polar surface area (TPSA) is 217 Å². The molecule has 2 aliphatic heterocycles. The molecule has 18 heteroatoms. The lowest BCUT2D eigenvalue weighted by Gasteiger charge is -2.29. The molecule has 0 aliphatic carbocycles. The van der Waals surface area contributed by atoms with E-state index in [0.717, 1.165) is 0 Å². The molecule has 0 radical (unpaired) electrons. The number of hydroxylamine groups is 4. The van der Waals surface area contributed by atoms with Gasteiger partial charge in [0, 0.05) is 32.8 Å². The molecule has 2 fully saturated rings. The van der Waals surface area contributed by atoms with Crippen LogP contribution in [0.5, 0.6) is 0 Å². The maximum absolute atomic E-state index is 11.9. The summed E-state index contributed by atoms with van der Waals surface area (Å²) in [6, 6.07) is 0. The van der Waals surface area contributed by atoms with Crippen LogP contribution in [0.3, 0.4) is 0 Å². The van der Waals surface area contributed by atoms with Crippen molar-refractivity contribution in [2.75, 3.05) is 60.0 Å². The van der Waals surface area contributed by atoms with Crippen molar-refractivity contribution in [3.63, 3.8) is 0 Å². The maximum atomic E-state index is 11.9. The van der Waals surface area contributed by atoms with Gasteiger partial charge in [-0.3, -0.25) is 28.8 Å². The van der Waals surface area contributed by atoms with E-state index >= 15 is 0 Å². The number of hydrogen-bond acceptors (Lipinski definition) is 16. The number of esters is 2. The number of rotatable bonds is 22. The second-order valence-electron chi connectivity index (χ2n) is 9.93. The van der Waals surface area contributed by atoms with Gasteiger partial charge < -0.3 is 38.1 Å². The van der Waals surface area contributed by atoms with E-state index in [-0.39, 0.29) is 97.6 Å². The highest BCUT2D eigenvalue weighted by atomic mass is 16.7. The Morgan fingerprint density at radius 2 is 0.956 bits per heavy atom. The van der Waals surface area contributed by atoms with Gasteiger partial charge >= 0.3 is 23.9 Å². The van der Waals surface area contributed by atoms with Crippen LogP contribution in [0.25, 0.3) is 0 Å². The molecule has 45 heavy (non-hydrogen) atoms. The van der Waals surface area contributed by atoms with Crippen molar-refractivity contribution in [1.82, 2.24) is 10.1 Å². The van der Waals surface area contributed by atoms with Crippen molar-refractivity contribution >= 4 is 47.5 Å². The first-order chi connectivity index (χ1) is 21.4. The fourth-order valence-electron chi connectivity index (χ4n) is 3.66. The molecular weight excluding hydrogens is 608 g/mol. The molecule has 0 aromatic rings. The Morgan fingerprint density at radius 1 is 0.578 bits per heavy atom. The smallest absolute Gasteiger partial charge is 0.333 e. The van der Waals surface area contributed by atoms with Gasteiger partial charge in [0.15, 0.2) is 0 Å². The molecule has 0 aromatic heterocycles. The Labute approximate surface area is 258 Å². The van der Waals surface area contributed by atoms with E-state index in [4.69, 9.17) is 28.4 Å². The largest absolute Gasteiger partial charge is 0.463 e. The van der Waals surface area contributed by atoms with Gasteiger partial charge in [0.2, 0.25) is 0 Å². The number of hydrogen-bond donors (Lipinski definition) is 0. The summed E-state index contributed by atoms with van der Waals surface area (Å²) >= 11 is 0. The standard InChI is InChI=1S/C27H38N2O16/c1-27(43-16-11-38-2,17-39-12-14-41-23(34)7-9-25(36)44-28-19(30)3-4-20(28)31)18-40-13-15-42-24(35)8-10-26(37)45-29-21(32)5-6-22(29)33/h3-18H2,1-2H3. The van der Waals surface area contributed by atoms with Gasteiger partial charge in [0.05, 0.1) is 65.3 Å². The average molecular weight is 647 g/mol. The van der Waals surface area contributed by atoms with Crippen LogP contribution >= 0.6 is 0 Å². The molecule has 0 N–H and O–H groups in total. The lowest BCUT2D eigenvalue weighted by Crippen LogP contribution is -2.41. The first kappa shape index (κ1) is 37.2. The minimum absolute atomic E-state index is 0.00365. The van der Waals surface area contributed by atoms with E-state index in [0.29, 0.717) is 16.7 Å². The molecule has 0 bridgehead atoms. The number of carbonyl (C=O) groups excluding carboxylic acids is 8. The number of ether oxygens (including phenoxy) is 6. The van der Waals surface area contributed by atoms with Crippen LogP contribution in [-0.2, 0) is 76.5 Å². The van der Waals surface area contributed by atoms with E-state index < -0.39 is 53.1 Å². The monoisotopic (exact) mass is 646 g/mol. The van der Waals surface area contributed by atoms with Crippen LogP contribution in [-0.4, -0.2) is 123 Å². The van der Waals surface area contributed by atoms with Crippen LogP contribution in [0, 0.1) is 0 Å². The van der Waals surface area contributed by atoms with Gasteiger partial charge in [-0.1, -0.05) is 0 Å². The van der Waals surface area contributed by atoms with Crippen molar-refractivity contribution < 1.29 is 76.5 Å². The summed E-state index contributed by atoms with van der Waals surface area (Å²) in [6.45, 7) is 2.04. The number of amides is 4. The van der Waals surface area contributed by atoms with Crippen molar-refractivity contribution in [3.8, 4) is 0 Å². The van der Waals surface area contributed by atoms with Gasteiger partial charge in [-0.15, -0.1) is 10.1 Å². The summed E-state index contributed by atoms with van der Waals surface area (Å²) in [5.41, 5.74) is -0.949. The Balaban J connectivity index is 1.59. The summed E-state index contributed by atoms with van der Waals surface area (Å²) in [5, 5.41) is 0.801. The molecule has 0 aromatic carbocycles. The van der Waals surface area contributed by atoms with Gasteiger partial charge in [0.25, 0.3) is 23.6 Å². The molecule has 0 saturated carbocycles. The minimum atomic E-state index is -0.949. The third kappa shape index (κ3) is 14.1. The third-order valence-corrected chi connectivity index (χ3v) is 6.00. The van der Waals surface area contributed by atoms with Crippen LogP contribution < -0.4 is 0 Å². The highest BCUT2D eigenvalue weighted by Gasteiger charge is 2.34. The Bertz CT molecular complexity index is 985. The molecule has 2 saturated heterocycles. The zero-order chi connectivity index (χ0) is 33.2. The zero-order valence-electron chi connectivity index (χ0n) is 25.2. The van der Waals surface area contributed by atoms with Gasteiger partial charge in [-0.25, -0.2) is 9.59 Å². The van der Waals surface area contributed by atoms with Crippen LogP contribution in [0.2, 0.25) is 0 Å². The SMILES string of the molecule is COCCOC(C)(COCCOC(=O)CCC(=O)ON1C(=O)CCC1=O)COCCOC(=O)CCC(=O)ON1C(=O)CCC1=O. The molecule has 2 heterocycles. The van der Waals surface area contributed by atoms with Crippen molar-refractivity contribution in [2.45, 2.75) is 63.9 Å². The molecule has 252 valence electrons. The summed E-state index contributed by atoms with van der Waals surface area (Å²) < 4.78 is 31.9. The van der Waals surface area contributed by atoms with E-state index in [1.54, 1.807) is 6.92 Å². The predicted octanol–water partition coefficient (Wildman–Crippen LogP) is -0.697. The zero-order valence-corrected chi connectivity index (χ0v) is 25.2. The lowest BCUT2D eigenvalue weighted by atomic mass is 10.1. The summed E-state index contributed by atoms with van der Waals surface area (Å²) in [4.78, 5) is 103. The first-order valence-electron chi connectivity index (χ1n) is 14.2. The fraction of sp³-hybridized carbons (Fsp3) is 0.704. The number of methoxy groups -OCH3 is 1. The third-order valence-electron chi connectivity index (χ3n) is 6.00. The average Bonchev–Trinajstić information content (AvgIpc) is 3.49. The summed E-state index contributed by atoms with van der Waals surface area (Å²) in [7, 11) is 1.51. The quantitative estimate of drug-likeness (QED) is 0.0807. The minimum Gasteiger partial charge on any atom is -0.463 e. The van der Waals surface area contributed by atoms with Crippen molar-refractivity contribution in [3.05, 3.63) is 0 Å². The van der Waals surface area contributed by atoms with E-state index in [2.05, 4.69) is 9.68 Å². The molecule has 0 spiro atoms. The fourth-order valence-corrected chi connectivity index (χ4v) is 3.66. The van der Waals surface area contributed by atoms with Crippen molar-refractivity contribution in [2.24, 2.45) is 0 Å². The van der Waals surface area contributed by atoms with E-state index in [1.165, 1.54) is 7.11 Å². The number of nitrogens with zero attached hydrogens (tertiary/aromatic N) is 2. The number of carbonyl (C=O) groups is 8. The molecule has 18 nitrogen and oxygen atoms in total. The Hall–Kier alpha value is -4.00. The van der Waals surface area contributed by atoms with E-state index in [1.807, 2.05) is 0 Å². The summed E-state index contributed by atoms with van der Waals surface area (Å²) in [6.07, 6.45) is -1.57. The van der Waals surface area contributed by atoms with Crippen LogP contribution in [0.15, 0.2) is 0 Å².